The first-order valence-corrected chi connectivity index (χ1v) is 8.22. The first-order chi connectivity index (χ1) is 12.1. The number of fused-ring (bicyclic) bond motifs is 1. The van der Waals surface area contributed by atoms with Gasteiger partial charge in [0.2, 0.25) is 0 Å². The lowest BCUT2D eigenvalue weighted by atomic mass is 10.00. The van der Waals surface area contributed by atoms with Crippen molar-refractivity contribution in [1.82, 2.24) is 0 Å². The lowest BCUT2D eigenvalue weighted by molar-refractivity contribution is 0.0926. The van der Waals surface area contributed by atoms with Gasteiger partial charge in [-0.1, -0.05) is 42.5 Å². The second-order valence-electron chi connectivity index (χ2n) is 6.34. The van der Waals surface area contributed by atoms with E-state index in [1.165, 1.54) is 16.0 Å². The van der Waals surface area contributed by atoms with Gasteiger partial charge in [0.15, 0.2) is 0 Å². The number of amides is 2. The van der Waals surface area contributed by atoms with Crippen molar-refractivity contribution in [2.75, 3.05) is 4.90 Å². The van der Waals surface area contributed by atoms with E-state index < -0.39 is 0 Å². The molecule has 0 N–H and O–H groups in total. The molecule has 0 fully saturated rings. The zero-order valence-corrected chi connectivity index (χ0v) is 14.1. The summed E-state index contributed by atoms with van der Waals surface area (Å²) >= 11 is 0. The van der Waals surface area contributed by atoms with Crippen LogP contribution in [0.3, 0.4) is 0 Å². The van der Waals surface area contributed by atoms with E-state index in [-0.39, 0.29) is 11.8 Å². The van der Waals surface area contributed by atoms with Crippen LogP contribution in [0.15, 0.2) is 66.7 Å². The summed E-state index contributed by atoms with van der Waals surface area (Å²) in [7, 11) is 0. The predicted molar refractivity (Wildman–Crippen MR) is 98.9 cm³/mol. The summed E-state index contributed by atoms with van der Waals surface area (Å²) in [6, 6.07) is 20.8. The SMILES string of the molecule is Cc1ccc(-c2cccc(N3C(=O)c4ccccc4C3=O)c2)cc1C. The second kappa shape index (κ2) is 5.71. The Balaban J connectivity index is 1.77. The van der Waals surface area contributed by atoms with Crippen LogP contribution in [0, 0.1) is 13.8 Å². The summed E-state index contributed by atoms with van der Waals surface area (Å²) in [5.41, 5.74) is 6.03. The van der Waals surface area contributed by atoms with Crippen molar-refractivity contribution >= 4 is 17.5 Å². The van der Waals surface area contributed by atoms with Crippen LogP contribution in [0.5, 0.6) is 0 Å². The third-order valence-electron chi connectivity index (χ3n) is 4.74. The van der Waals surface area contributed by atoms with Crippen LogP contribution < -0.4 is 4.90 Å². The van der Waals surface area contributed by atoms with Gasteiger partial charge in [0.05, 0.1) is 16.8 Å². The fourth-order valence-electron chi connectivity index (χ4n) is 3.17. The third kappa shape index (κ3) is 2.45. The van der Waals surface area contributed by atoms with Gasteiger partial charge in [0.25, 0.3) is 11.8 Å². The lowest BCUT2D eigenvalue weighted by Gasteiger charge is -2.15. The van der Waals surface area contributed by atoms with Gasteiger partial charge < -0.3 is 0 Å². The Labute approximate surface area is 146 Å². The highest BCUT2D eigenvalue weighted by atomic mass is 16.2. The van der Waals surface area contributed by atoms with Gasteiger partial charge in [-0.2, -0.15) is 0 Å². The maximum Gasteiger partial charge on any atom is 0.266 e. The highest BCUT2D eigenvalue weighted by Gasteiger charge is 2.36. The number of benzene rings is 3. The fraction of sp³-hybridized carbons (Fsp3) is 0.0909. The van der Waals surface area contributed by atoms with Crippen molar-refractivity contribution in [2.45, 2.75) is 13.8 Å². The molecule has 25 heavy (non-hydrogen) atoms. The van der Waals surface area contributed by atoms with E-state index in [0.717, 1.165) is 11.1 Å². The first kappa shape index (κ1) is 15.3. The average molecular weight is 327 g/mol. The molecule has 0 saturated heterocycles. The molecule has 0 aliphatic carbocycles. The minimum absolute atomic E-state index is 0.266. The van der Waals surface area contributed by atoms with E-state index in [9.17, 15) is 9.59 Å². The zero-order chi connectivity index (χ0) is 17.6. The number of rotatable bonds is 2. The van der Waals surface area contributed by atoms with Crippen LogP contribution in [-0.4, -0.2) is 11.8 Å². The fourth-order valence-corrected chi connectivity index (χ4v) is 3.17. The Morgan fingerprint density at radius 2 is 1.28 bits per heavy atom. The van der Waals surface area contributed by atoms with Crippen molar-refractivity contribution in [2.24, 2.45) is 0 Å². The Hall–Kier alpha value is -3.20. The van der Waals surface area contributed by atoms with Crippen molar-refractivity contribution < 1.29 is 9.59 Å². The van der Waals surface area contributed by atoms with Gasteiger partial charge in [-0.05, 0) is 60.4 Å². The number of nitrogens with zero attached hydrogens (tertiary/aromatic N) is 1. The number of carbonyl (C=O) groups excluding carboxylic acids is 2. The van der Waals surface area contributed by atoms with Crippen molar-refractivity contribution in [1.29, 1.82) is 0 Å². The van der Waals surface area contributed by atoms with Crippen LogP contribution in [0.2, 0.25) is 0 Å². The Kier molecular flexibility index (Phi) is 3.50. The monoisotopic (exact) mass is 327 g/mol. The maximum absolute atomic E-state index is 12.7. The minimum Gasteiger partial charge on any atom is -0.268 e. The highest BCUT2D eigenvalue weighted by molar-refractivity contribution is 6.34. The topological polar surface area (TPSA) is 37.4 Å². The molecule has 0 aromatic heterocycles. The number of hydrogen-bond acceptors (Lipinski definition) is 2. The second-order valence-corrected chi connectivity index (χ2v) is 6.34. The molecule has 3 aromatic rings. The van der Waals surface area contributed by atoms with Gasteiger partial charge in [0, 0.05) is 0 Å². The molecule has 3 aromatic carbocycles. The van der Waals surface area contributed by atoms with E-state index in [1.807, 2.05) is 18.2 Å². The Bertz CT molecular complexity index is 985. The molecule has 1 aliphatic rings. The van der Waals surface area contributed by atoms with Crippen LogP contribution in [0.4, 0.5) is 5.69 Å². The molecule has 0 unspecified atom stereocenters. The number of carbonyl (C=O) groups is 2. The molecular formula is C22H17NO2. The van der Waals surface area contributed by atoms with Crippen molar-refractivity contribution in [3.63, 3.8) is 0 Å². The Morgan fingerprint density at radius 3 is 1.92 bits per heavy atom. The summed E-state index contributed by atoms with van der Waals surface area (Å²) in [6.45, 7) is 4.15. The molecule has 0 saturated carbocycles. The molecule has 0 bridgehead atoms. The average Bonchev–Trinajstić information content (AvgIpc) is 2.89. The summed E-state index contributed by atoms with van der Waals surface area (Å²) in [5, 5.41) is 0. The molecule has 0 radical (unpaired) electrons. The molecule has 3 nitrogen and oxygen atoms in total. The largest absolute Gasteiger partial charge is 0.268 e. The standard InChI is InChI=1S/C22H17NO2/c1-14-10-11-17(12-15(14)2)16-6-5-7-18(13-16)23-21(24)19-8-3-4-9-20(19)22(23)25/h3-13H,1-2H3. The van der Waals surface area contributed by atoms with E-state index in [0.29, 0.717) is 16.8 Å². The zero-order valence-electron chi connectivity index (χ0n) is 14.1. The number of hydrogen-bond donors (Lipinski definition) is 0. The highest BCUT2D eigenvalue weighted by Crippen LogP contribution is 2.31. The van der Waals surface area contributed by atoms with E-state index >= 15 is 0 Å². The molecule has 2 amide bonds. The van der Waals surface area contributed by atoms with E-state index in [1.54, 1.807) is 30.3 Å². The number of aryl methyl sites for hydroxylation is 2. The van der Waals surface area contributed by atoms with Gasteiger partial charge in [-0.25, -0.2) is 4.90 Å². The van der Waals surface area contributed by atoms with E-state index in [2.05, 4.69) is 32.0 Å². The van der Waals surface area contributed by atoms with Crippen LogP contribution >= 0.6 is 0 Å². The molecule has 3 heteroatoms. The number of imide groups is 1. The first-order valence-electron chi connectivity index (χ1n) is 8.22. The molecule has 1 aliphatic heterocycles. The third-order valence-corrected chi connectivity index (χ3v) is 4.74. The summed E-state index contributed by atoms with van der Waals surface area (Å²) in [5.74, 6) is -0.532. The summed E-state index contributed by atoms with van der Waals surface area (Å²) in [4.78, 5) is 26.6. The lowest BCUT2D eigenvalue weighted by Crippen LogP contribution is -2.29. The molecular weight excluding hydrogens is 310 g/mol. The summed E-state index contributed by atoms with van der Waals surface area (Å²) in [6.07, 6.45) is 0. The van der Waals surface area contributed by atoms with Crippen LogP contribution in [-0.2, 0) is 0 Å². The van der Waals surface area contributed by atoms with Crippen LogP contribution in [0.1, 0.15) is 31.8 Å². The quantitative estimate of drug-likeness (QED) is 0.636. The van der Waals surface area contributed by atoms with Gasteiger partial charge in [-0.3, -0.25) is 9.59 Å². The molecule has 1 heterocycles. The van der Waals surface area contributed by atoms with Gasteiger partial charge in [-0.15, -0.1) is 0 Å². The normalized spacial score (nSPS) is 13.3. The summed E-state index contributed by atoms with van der Waals surface area (Å²) < 4.78 is 0. The predicted octanol–water partition coefficient (Wildman–Crippen LogP) is 4.77. The number of anilines is 1. The van der Waals surface area contributed by atoms with Crippen LogP contribution in [0.25, 0.3) is 11.1 Å². The minimum atomic E-state index is -0.266. The smallest absolute Gasteiger partial charge is 0.266 e. The molecule has 0 spiro atoms. The Morgan fingerprint density at radius 1 is 0.640 bits per heavy atom. The van der Waals surface area contributed by atoms with E-state index in [4.69, 9.17) is 0 Å². The van der Waals surface area contributed by atoms with Crippen molar-refractivity contribution in [3.8, 4) is 11.1 Å². The van der Waals surface area contributed by atoms with Gasteiger partial charge >= 0.3 is 0 Å². The molecule has 0 atom stereocenters. The maximum atomic E-state index is 12.7. The molecule has 122 valence electrons. The molecule has 4 rings (SSSR count). The van der Waals surface area contributed by atoms with Crippen molar-refractivity contribution in [3.05, 3.63) is 89.0 Å². The van der Waals surface area contributed by atoms with Gasteiger partial charge in [0.1, 0.15) is 0 Å².